The van der Waals surface area contributed by atoms with Crippen molar-refractivity contribution in [3.8, 4) is 11.5 Å². The van der Waals surface area contributed by atoms with Gasteiger partial charge >= 0.3 is 6.03 Å². The first-order chi connectivity index (χ1) is 12.0. The van der Waals surface area contributed by atoms with Gasteiger partial charge in [-0.05, 0) is 41.5 Å². The van der Waals surface area contributed by atoms with Gasteiger partial charge in [0, 0.05) is 4.47 Å². The Kier molecular flexibility index (Phi) is 5.04. The molecule has 0 aliphatic carbocycles. The molecule has 128 valence electrons. The molecule has 3 amide bonds. The third kappa shape index (κ3) is 4.19. The molecule has 1 saturated heterocycles. The average molecular weight is 403 g/mol. The Morgan fingerprint density at radius 3 is 2.44 bits per heavy atom. The molecule has 2 aromatic carbocycles. The Balaban J connectivity index is 1.75. The summed E-state index contributed by atoms with van der Waals surface area (Å²) < 4.78 is 12.2. The summed E-state index contributed by atoms with van der Waals surface area (Å²) in [5.74, 6) is 0.670. The van der Waals surface area contributed by atoms with Crippen molar-refractivity contribution in [1.29, 1.82) is 0 Å². The van der Waals surface area contributed by atoms with E-state index >= 15 is 0 Å². The quantitative estimate of drug-likeness (QED) is 0.594. The Hall–Kier alpha value is -2.80. The minimum Gasteiger partial charge on any atom is -0.493 e. The summed E-state index contributed by atoms with van der Waals surface area (Å²) in [7, 11) is 1.54. The molecule has 3 rings (SSSR count). The number of benzene rings is 2. The molecule has 1 aliphatic rings. The van der Waals surface area contributed by atoms with E-state index in [1.165, 1.54) is 0 Å². The van der Waals surface area contributed by atoms with E-state index in [2.05, 4.69) is 26.6 Å². The maximum absolute atomic E-state index is 11.6. The molecule has 0 bridgehead atoms. The van der Waals surface area contributed by atoms with Gasteiger partial charge in [0.05, 0.1) is 7.11 Å². The van der Waals surface area contributed by atoms with Gasteiger partial charge < -0.3 is 14.8 Å². The van der Waals surface area contributed by atoms with Crippen molar-refractivity contribution in [2.45, 2.75) is 6.61 Å². The number of halogens is 1. The van der Waals surface area contributed by atoms with Crippen LogP contribution in [-0.2, 0) is 11.4 Å². The second-order valence-corrected chi connectivity index (χ2v) is 6.21. The smallest absolute Gasteiger partial charge is 0.326 e. The van der Waals surface area contributed by atoms with Crippen molar-refractivity contribution < 1.29 is 19.1 Å². The number of ether oxygens (including phenoxy) is 2. The monoisotopic (exact) mass is 402 g/mol. The molecule has 0 unspecified atom stereocenters. The maximum atomic E-state index is 11.6. The van der Waals surface area contributed by atoms with Crippen molar-refractivity contribution in [3.05, 3.63) is 63.8 Å². The lowest BCUT2D eigenvalue weighted by Crippen LogP contribution is -2.22. The number of hydrogen-bond acceptors (Lipinski definition) is 4. The van der Waals surface area contributed by atoms with E-state index in [1.807, 2.05) is 24.3 Å². The van der Waals surface area contributed by atoms with Crippen LogP contribution in [0.5, 0.6) is 11.5 Å². The zero-order valence-corrected chi connectivity index (χ0v) is 14.9. The van der Waals surface area contributed by atoms with Crippen LogP contribution in [0, 0.1) is 0 Å². The minimum atomic E-state index is -0.530. The molecule has 0 aromatic heterocycles. The molecule has 1 fully saturated rings. The first-order valence-corrected chi connectivity index (χ1v) is 8.24. The lowest BCUT2D eigenvalue weighted by Gasteiger charge is -2.11. The average Bonchev–Trinajstić information content (AvgIpc) is 2.92. The van der Waals surface area contributed by atoms with Gasteiger partial charge in [-0.2, -0.15) is 0 Å². The summed E-state index contributed by atoms with van der Waals surface area (Å²) in [6.07, 6.45) is 1.57. The molecule has 1 heterocycles. The molecule has 7 heteroatoms. The Morgan fingerprint density at radius 1 is 1.04 bits per heavy atom. The van der Waals surface area contributed by atoms with Crippen LogP contribution < -0.4 is 20.1 Å². The first kappa shape index (κ1) is 17.0. The van der Waals surface area contributed by atoms with Crippen LogP contribution in [0.4, 0.5) is 4.79 Å². The number of hydrogen-bond donors (Lipinski definition) is 2. The second-order valence-electron chi connectivity index (χ2n) is 5.29. The highest BCUT2D eigenvalue weighted by Gasteiger charge is 2.22. The van der Waals surface area contributed by atoms with Crippen molar-refractivity contribution in [2.24, 2.45) is 0 Å². The Morgan fingerprint density at radius 2 is 1.80 bits per heavy atom. The molecule has 0 atom stereocenters. The van der Waals surface area contributed by atoms with Gasteiger partial charge in [-0.15, -0.1) is 0 Å². The zero-order valence-electron chi connectivity index (χ0n) is 13.3. The van der Waals surface area contributed by atoms with Crippen LogP contribution in [0.1, 0.15) is 11.1 Å². The topological polar surface area (TPSA) is 76.7 Å². The summed E-state index contributed by atoms with van der Waals surface area (Å²) in [6, 6.07) is 12.6. The van der Waals surface area contributed by atoms with Crippen LogP contribution in [0.2, 0.25) is 0 Å². The number of rotatable bonds is 5. The van der Waals surface area contributed by atoms with Crippen molar-refractivity contribution in [2.75, 3.05) is 7.11 Å². The fourth-order valence-corrected chi connectivity index (χ4v) is 2.55. The molecule has 0 saturated carbocycles. The highest BCUT2D eigenvalue weighted by Crippen LogP contribution is 2.29. The van der Waals surface area contributed by atoms with E-state index in [4.69, 9.17) is 9.47 Å². The van der Waals surface area contributed by atoms with E-state index in [0.717, 1.165) is 10.0 Å². The third-order valence-electron chi connectivity index (χ3n) is 3.53. The van der Waals surface area contributed by atoms with E-state index in [0.29, 0.717) is 23.7 Å². The summed E-state index contributed by atoms with van der Waals surface area (Å²) >= 11 is 3.40. The van der Waals surface area contributed by atoms with Gasteiger partial charge in [-0.3, -0.25) is 10.1 Å². The van der Waals surface area contributed by atoms with E-state index in [-0.39, 0.29) is 5.70 Å². The van der Waals surface area contributed by atoms with Gasteiger partial charge in [-0.25, -0.2) is 4.79 Å². The van der Waals surface area contributed by atoms with Gasteiger partial charge in [0.1, 0.15) is 12.3 Å². The van der Waals surface area contributed by atoms with Crippen molar-refractivity contribution in [3.63, 3.8) is 0 Å². The van der Waals surface area contributed by atoms with Crippen molar-refractivity contribution >= 4 is 33.9 Å². The predicted molar refractivity (Wildman–Crippen MR) is 96.1 cm³/mol. The standard InChI is InChI=1S/C18H15BrN2O4/c1-24-16-9-12(8-14-17(22)21-18(23)20-14)4-7-15(16)25-10-11-2-5-13(19)6-3-11/h2-9H,10H2,1H3,(H2,20,21,22,23)/b14-8-. The Labute approximate surface area is 153 Å². The van der Waals surface area contributed by atoms with Gasteiger partial charge in [0.2, 0.25) is 0 Å². The van der Waals surface area contributed by atoms with Crippen LogP contribution >= 0.6 is 15.9 Å². The second kappa shape index (κ2) is 7.40. The van der Waals surface area contributed by atoms with Crippen LogP contribution in [-0.4, -0.2) is 19.0 Å². The normalized spacial score (nSPS) is 15.0. The van der Waals surface area contributed by atoms with Crippen LogP contribution in [0.3, 0.4) is 0 Å². The molecule has 25 heavy (non-hydrogen) atoms. The molecular weight excluding hydrogens is 388 g/mol. The molecule has 1 aliphatic heterocycles. The zero-order chi connectivity index (χ0) is 17.8. The molecule has 2 aromatic rings. The predicted octanol–water partition coefficient (Wildman–Crippen LogP) is 3.22. The fourth-order valence-electron chi connectivity index (χ4n) is 2.28. The van der Waals surface area contributed by atoms with Gasteiger partial charge in [-0.1, -0.05) is 34.1 Å². The van der Waals surface area contributed by atoms with Crippen LogP contribution in [0.25, 0.3) is 6.08 Å². The SMILES string of the molecule is COc1cc(/C=C2\NC(=O)NC2=O)ccc1OCc1ccc(Br)cc1. The molecule has 0 spiro atoms. The number of nitrogens with one attached hydrogen (secondary N) is 2. The number of methoxy groups -OCH3 is 1. The molecule has 0 radical (unpaired) electrons. The number of carbonyl (C=O) groups is 2. The van der Waals surface area contributed by atoms with E-state index in [9.17, 15) is 9.59 Å². The largest absolute Gasteiger partial charge is 0.493 e. The minimum absolute atomic E-state index is 0.190. The number of urea groups is 1. The Bertz CT molecular complexity index is 847. The summed E-state index contributed by atoms with van der Waals surface area (Å²) in [5, 5.41) is 4.59. The highest BCUT2D eigenvalue weighted by molar-refractivity contribution is 9.10. The van der Waals surface area contributed by atoms with Crippen LogP contribution in [0.15, 0.2) is 52.6 Å². The molecule has 6 nitrogen and oxygen atoms in total. The first-order valence-electron chi connectivity index (χ1n) is 7.44. The van der Waals surface area contributed by atoms with E-state index < -0.39 is 11.9 Å². The number of amides is 3. The van der Waals surface area contributed by atoms with Gasteiger partial charge in [0.25, 0.3) is 5.91 Å². The number of carbonyl (C=O) groups excluding carboxylic acids is 2. The summed E-state index contributed by atoms with van der Waals surface area (Å²) in [5.41, 5.74) is 1.93. The highest BCUT2D eigenvalue weighted by atomic mass is 79.9. The molecule has 2 N–H and O–H groups in total. The molecular formula is C18H15BrN2O4. The van der Waals surface area contributed by atoms with Gasteiger partial charge in [0.15, 0.2) is 11.5 Å². The maximum Gasteiger partial charge on any atom is 0.326 e. The summed E-state index contributed by atoms with van der Waals surface area (Å²) in [6.45, 7) is 0.405. The van der Waals surface area contributed by atoms with E-state index in [1.54, 1.807) is 31.4 Å². The summed E-state index contributed by atoms with van der Waals surface area (Å²) in [4.78, 5) is 22.7. The number of imide groups is 1. The van der Waals surface area contributed by atoms with Crippen molar-refractivity contribution in [1.82, 2.24) is 10.6 Å². The lowest BCUT2D eigenvalue weighted by atomic mass is 10.1. The fraction of sp³-hybridized carbons (Fsp3) is 0.111. The lowest BCUT2D eigenvalue weighted by molar-refractivity contribution is -0.115. The third-order valence-corrected chi connectivity index (χ3v) is 4.05.